The number of halogens is 1. The molecule has 0 bridgehead atoms. The van der Waals surface area contributed by atoms with Crippen LogP contribution in [0.4, 0.5) is 5.69 Å². The number of fused-ring (bicyclic) bond motifs is 1. The lowest BCUT2D eigenvalue weighted by atomic mass is 10.1. The molecule has 1 N–H and O–H groups in total. The Morgan fingerprint density at radius 2 is 1.76 bits per heavy atom. The van der Waals surface area contributed by atoms with Crippen LogP contribution in [0.3, 0.4) is 0 Å². The summed E-state index contributed by atoms with van der Waals surface area (Å²) in [7, 11) is 1.54. The lowest BCUT2D eigenvalue weighted by Gasteiger charge is -2.12. The van der Waals surface area contributed by atoms with Crippen LogP contribution in [0.15, 0.2) is 77.6 Å². The molecule has 1 aromatic heterocycles. The van der Waals surface area contributed by atoms with Gasteiger partial charge >= 0.3 is 0 Å². The van der Waals surface area contributed by atoms with Crippen molar-refractivity contribution in [2.24, 2.45) is 0 Å². The summed E-state index contributed by atoms with van der Waals surface area (Å²) in [6, 6.07) is 20.6. The third-order valence-electron chi connectivity index (χ3n) is 4.40. The van der Waals surface area contributed by atoms with Gasteiger partial charge in [0.25, 0.3) is 11.5 Å². The monoisotopic (exact) mass is 405 g/mol. The first-order chi connectivity index (χ1) is 14.1. The van der Waals surface area contributed by atoms with Crippen LogP contribution in [0.5, 0.6) is 5.75 Å². The Balaban J connectivity index is 1.88. The van der Waals surface area contributed by atoms with E-state index in [1.165, 1.54) is 4.68 Å². The van der Waals surface area contributed by atoms with E-state index in [4.69, 9.17) is 16.3 Å². The molecular weight excluding hydrogens is 390 g/mol. The fraction of sp³-hybridized carbons (Fsp3) is 0.0455. The highest BCUT2D eigenvalue weighted by Gasteiger charge is 2.18. The Morgan fingerprint density at radius 1 is 1.00 bits per heavy atom. The molecule has 0 atom stereocenters. The predicted molar refractivity (Wildman–Crippen MR) is 113 cm³/mol. The van der Waals surface area contributed by atoms with Gasteiger partial charge in [-0.1, -0.05) is 41.9 Å². The van der Waals surface area contributed by atoms with Crippen LogP contribution >= 0.6 is 11.6 Å². The molecule has 0 saturated carbocycles. The predicted octanol–water partition coefficient (Wildman–Crippen LogP) is 4.30. The van der Waals surface area contributed by atoms with Crippen LogP contribution in [0.2, 0.25) is 5.02 Å². The molecule has 0 aliphatic heterocycles. The smallest absolute Gasteiger partial charge is 0.279 e. The number of benzene rings is 3. The molecule has 0 saturated heterocycles. The summed E-state index contributed by atoms with van der Waals surface area (Å²) in [5.74, 6) is 0.134. The number of nitrogens with zero attached hydrogens (tertiary/aromatic N) is 2. The van der Waals surface area contributed by atoms with E-state index >= 15 is 0 Å². The van der Waals surface area contributed by atoms with Crippen molar-refractivity contribution in [3.05, 3.63) is 93.9 Å². The van der Waals surface area contributed by atoms with Crippen molar-refractivity contribution in [2.45, 2.75) is 0 Å². The average molecular weight is 406 g/mol. The molecule has 7 heteroatoms. The number of methoxy groups -OCH3 is 1. The number of hydrogen-bond acceptors (Lipinski definition) is 4. The Labute approximate surface area is 171 Å². The fourth-order valence-electron chi connectivity index (χ4n) is 3.03. The lowest BCUT2D eigenvalue weighted by molar-refractivity contribution is 0.102. The van der Waals surface area contributed by atoms with Gasteiger partial charge in [-0.2, -0.15) is 9.78 Å². The number of hydrogen-bond donors (Lipinski definition) is 1. The molecule has 144 valence electrons. The van der Waals surface area contributed by atoms with Crippen LogP contribution in [-0.4, -0.2) is 22.8 Å². The highest BCUT2D eigenvalue weighted by atomic mass is 35.5. The van der Waals surface area contributed by atoms with Gasteiger partial charge in [-0.05, 0) is 36.4 Å². The van der Waals surface area contributed by atoms with Crippen LogP contribution in [0.1, 0.15) is 10.5 Å². The number of rotatable bonds is 4. The van der Waals surface area contributed by atoms with Crippen molar-refractivity contribution < 1.29 is 9.53 Å². The SMILES string of the molecule is COc1cccc(-n2nc(C(=O)Nc3cccc(Cl)c3)c3ccccc3c2=O)c1. The highest BCUT2D eigenvalue weighted by Crippen LogP contribution is 2.20. The van der Waals surface area contributed by atoms with E-state index in [0.29, 0.717) is 32.9 Å². The van der Waals surface area contributed by atoms with E-state index in [2.05, 4.69) is 10.4 Å². The second kappa shape index (κ2) is 7.77. The number of carbonyl (C=O) groups is 1. The van der Waals surface area contributed by atoms with E-state index < -0.39 is 5.91 Å². The third-order valence-corrected chi connectivity index (χ3v) is 4.64. The zero-order valence-corrected chi connectivity index (χ0v) is 16.2. The number of anilines is 1. The van der Waals surface area contributed by atoms with Gasteiger partial charge in [-0.25, -0.2) is 0 Å². The van der Waals surface area contributed by atoms with E-state index in [1.54, 1.807) is 79.9 Å². The van der Waals surface area contributed by atoms with Gasteiger partial charge < -0.3 is 10.1 Å². The summed E-state index contributed by atoms with van der Waals surface area (Å²) >= 11 is 6.00. The molecular formula is C22H16ClN3O3. The summed E-state index contributed by atoms with van der Waals surface area (Å²) in [5.41, 5.74) is 0.834. The topological polar surface area (TPSA) is 73.2 Å². The van der Waals surface area contributed by atoms with Crippen molar-refractivity contribution in [3.63, 3.8) is 0 Å². The van der Waals surface area contributed by atoms with Crippen molar-refractivity contribution >= 4 is 34.0 Å². The Kier molecular flexibility index (Phi) is 5.01. The second-order valence-electron chi connectivity index (χ2n) is 6.28. The normalized spacial score (nSPS) is 10.7. The van der Waals surface area contributed by atoms with Crippen molar-refractivity contribution in [2.75, 3.05) is 12.4 Å². The average Bonchev–Trinajstić information content (AvgIpc) is 2.74. The lowest BCUT2D eigenvalue weighted by Crippen LogP contribution is -2.26. The molecule has 1 heterocycles. The van der Waals surface area contributed by atoms with Gasteiger partial charge in [0.1, 0.15) is 5.75 Å². The molecule has 3 aromatic carbocycles. The third kappa shape index (κ3) is 3.70. The van der Waals surface area contributed by atoms with E-state index in [9.17, 15) is 9.59 Å². The summed E-state index contributed by atoms with van der Waals surface area (Å²) in [6.07, 6.45) is 0. The van der Waals surface area contributed by atoms with E-state index in [-0.39, 0.29) is 11.3 Å². The maximum absolute atomic E-state index is 13.0. The van der Waals surface area contributed by atoms with Crippen LogP contribution in [-0.2, 0) is 0 Å². The number of amides is 1. The zero-order chi connectivity index (χ0) is 20.4. The molecule has 6 nitrogen and oxygen atoms in total. The Hall–Kier alpha value is -3.64. The maximum atomic E-state index is 13.0. The van der Waals surface area contributed by atoms with Crippen molar-refractivity contribution in [3.8, 4) is 11.4 Å². The van der Waals surface area contributed by atoms with Crippen LogP contribution in [0, 0.1) is 0 Å². The summed E-state index contributed by atoms with van der Waals surface area (Å²) in [5, 5.41) is 8.51. The Morgan fingerprint density at radius 3 is 2.52 bits per heavy atom. The summed E-state index contributed by atoms with van der Waals surface area (Å²) in [6.45, 7) is 0. The molecule has 1 amide bonds. The Bertz CT molecular complexity index is 1280. The molecule has 0 unspecified atom stereocenters. The maximum Gasteiger partial charge on any atom is 0.279 e. The van der Waals surface area contributed by atoms with E-state index in [0.717, 1.165) is 0 Å². The van der Waals surface area contributed by atoms with Crippen LogP contribution < -0.4 is 15.6 Å². The molecule has 4 aromatic rings. The molecule has 4 rings (SSSR count). The number of carbonyl (C=O) groups excluding carboxylic acids is 1. The zero-order valence-electron chi connectivity index (χ0n) is 15.4. The van der Waals surface area contributed by atoms with Gasteiger partial charge in [0.05, 0.1) is 18.2 Å². The van der Waals surface area contributed by atoms with Crippen molar-refractivity contribution in [1.29, 1.82) is 0 Å². The quantitative estimate of drug-likeness (QED) is 0.549. The summed E-state index contributed by atoms with van der Waals surface area (Å²) < 4.78 is 6.44. The first-order valence-electron chi connectivity index (χ1n) is 8.80. The molecule has 0 aliphatic rings. The van der Waals surface area contributed by atoms with Gasteiger partial charge in [-0.15, -0.1) is 0 Å². The minimum atomic E-state index is -0.444. The first-order valence-corrected chi connectivity index (χ1v) is 9.18. The molecule has 0 spiro atoms. The van der Waals surface area contributed by atoms with Gasteiger partial charge in [0, 0.05) is 22.2 Å². The number of aromatic nitrogens is 2. The molecule has 0 aliphatic carbocycles. The second-order valence-corrected chi connectivity index (χ2v) is 6.71. The largest absolute Gasteiger partial charge is 0.497 e. The molecule has 29 heavy (non-hydrogen) atoms. The number of nitrogens with one attached hydrogen (secondary N) is 1. The number of ether oxygens (including phenoxy) is 1. The van der Waals surface area contributed by atoms with Gasteiger partial charge in [0.15, 0.2) is 5.69 Å². The minimum absolute atomic E-state index is 0.128. The fourth-order valence-corrected chi connectivity index (χ4v) is 3.22. The standard InChI is InChI=1S/C22H16ClN3O3/c1-29-17-9-5-8-16(13-17)26-22(28)19-11-3-2-10-18(19)20(25-26)21(27)24-15-7-4-6-14(23)12-15/h2-13H,1H3,(H,24,27). The highest BCUT2D eigenvalue weighted by molar-refractivity contribution is 6.31. The van der Waals surface area contributed by atoms with Gasteiger partial charge in [0.2, 0.25) is 0 Å². The van der Waals surface area contributed by atoms with Crippen molar-refractivity contribution in [1.82, 2.24) is 9.78 Å². The first kappa shape index (κ1) is 18.7. The van der Waals surface area contributed by atoms with Crippen LogP contribution in [0.25, 0.3) is 16.5 Å². The summed E-state index contributed by atoms with van der Waals surface area (Å²) in [4.78, 5) is 26.0. The molecule has 0 fully saturated rings. The van der Waals surface area contributed by atoms with Gasteiger partial charge in [-0.3, -0.25) is 9.59 Å². The minimum Gasteiger partial charge on any atom is -0.497 e. The molecule has 0 radical (unpaired) electrons. The van der Waals surface area contributed by atoms with E-state index in [1.807, 2.05) is 0 Å².